The molecule has 2 saturated carbocycles. The quantitative estimate of drug-likeness (QED) is 0.351. The molecule has 10 nitrogen and oxygen atoms in total. The van der Waals surface area contributed by atoms with Crippen LogP contribution in [0.15, 0.2) is 35.4 Å². The van der Waals surface area contributed by atoms with Crippen LogP contribution in [0.1, 0.15) is 55.1 Å². The van der Waals surface area contributed by atoms with Crippen LogP contribution in [0.4, 0.5) is 16.3 Å². The molecular weight excluding hydrogens is 490 g/mol. The van der Waals surface area contributed by atoms with Gasteiger partial charge in [0.15, 0.2) is 15.7 Å². The summed E-state index contributed by atoms with van der Waals surface area (Å²) in [6.07, 6.45) is 5.33. The van der Waals surface area contributed by atoms with Gasteiger partial charge in [-0.05, 0) is 50.7 Å². The molecule has 0 atom stereocenters. The van der Waals surface area contributed by atoms with Crippen LogP contribution in [0.25, 0.3) is 10.4 Å². The van der Waals surface area contributed by atoms with Crippen LogP contribution in [-0.4, -0.2) is 46.2 Å². The number of hydrogen-bond donors (Lipinski definition) is 4. The summed E-state index contributed by atoms with van der Waals surface area (Å²) in [5.74, 6) is 0.735. The fraction of sp³-hybridized carbons (Fsp3) is 0.435. The molecule has 0 unspecified atom stereocenters. The van der Waals surface area contributed by atoms with Crippen LogP contribution >= 0.6 is 11.3 Å². The summed E-state index contributed by atoms with van der Waals surface area (Å²) >= 11 is 1.51. The molecule has 0 spiro atoms. The van der Waals surface area contributed by atoms with E-state index in [0.29, 0.717) is 35.6 Å². The third-order valence-corrected chi connectivity index (χ3v) is 9.91. The topological polar surface area (TPSA) is 160 Å². The molecule has 2 aromatic heterocycles. The summed E-state index contributed by atoms with van der Waals surface area (Å²) in [5, 5.41) is 19.8. The van der Waals surface area contributed by atoms with E-state index >= 15 is 0 Å². The number of aromatic amines is 1. The normalized spacial score (nSPS) is 20.5. The average Bonchev–Trinajstić information content (AvgIpc) is 3.43. The van der Waals surface area contributed by atoms with Gasteiger partial charge in [0.05, 0.1) is 32.3 Å². The number of aliphatic hydroxyl groups excluding tert-OH is 1. The minimum Gasteiger partial charge on any atom is -0.446 e. The Balaban J connectivity index is 1.40. The number of thiazole rings is 1. The second kappa shape index (κ2) is 9.59. The van der Waals surface area contributed by atoms with E-state index < -0.39 is 15.9 Å². The number of ether oxygens (including phenoxy) is 1. The number of benzene rings is 1. The minimum atomic E-state index is -3.48. The first-order valence-corrected chi connectivity index (χ1v) is 13.9. The lowest BCUT2D eigenvalue weighted by molar-refractivity contribution is 0.0787. The van der Waals surface area contributed by atoms with Crippen LogP contribution in [0.5, 0.6) is 0 Å². The zero-order valence-corrected chi connectivity index (χ0v) is 20.6. The molecular formula is C23H27N5O5S2. The van der Waals surface area contributed by atoms with E-state index in [2.05, 4.69) is 20.5 Å². The van der Waals surface area contributed by atoms with E-state index in [4.69, 9.17) is 10.5 Å². The first-order valence-electron chi connectivity index (χ1n) is 11.6. The summed E-state index contributed by atoms with van der Waals surface area (Å²) in [6, 6.07) is 6.95. The number of amides is 1. The van der Waals surface area contributed by atoms with Gasteiger partial charge >= 0.3 is 6.09 Å². The largest absolute Gasteiger partial charge is 0.446 e. The molecule has 0 radical (unpaired) electrons. The first kappa shape index (κ1) is 23.8. The van der Waals surface area contributed by atoms with Gasteiger partial charge in [-0.3, -0.25) is 5.10 Å². The number of nitrogens with two attached hydrogens (primary N) is 1. The Hall–Kier alpha value is -2.96. The lowest BCUT2D eigenvalue weighted by Crippen LogP contribution is -2.26. The monoisotopic (exact) mass is 517 g/mol. The number of nitrogens with one attached hydrogen (secondary N) is 2. The summed E-state index contributed by atoms with van der Waals surface area (Å²) in [7, 11) is -3.48. The number of aromatic nitrogens is 3. The Bertz CT molecular complexity index is 1320. The van der Waals surface area contributed by atoms with Crippen LogP contribution < -0.4 is 11.1 Å². The van der Waals surface area contributed by atoms with Crippen molar-refractivity contribution in [3.8, 4) is 10.4 Å². The number of carbonyl (C=O) groups is 1. The Morgan fingerprint density at radius 1 is 1.20 bits per heavy atom. The van der Waals surface area contributed by atoms with Crippen molar-refractivity contribution in [2.45, 2.75) is 67.3 Å². The molecule has 0 aliphatic heterocycles. The maximum absolute atomic E-state index is 13.3. The Labute approximate surface area is 206 Å². The van der Waals surface area contributed by atoms with Gasteiger partial charge in [0, 0.05) is 29.4 Å². The van der Waals surface area contributed by atoms with Crippen LogP contribution in [-0.2, 0) is 21.2 Å². The maximum atomic E-state index is 13.3. The van der Waals surface area contributed by atoms with Gasteiger partial charge in [0.25, 0.3) is 0 Å². The molecule has 2 aliphatic carbocycles. The second-order valence-corrected chi connectivity index (χ2v) is 12.2. The first-order chi connectivity index (χ1) is 16.8. The molecule has 5 N–H and O–H groups in total. The smallest absolute Gasteiger partial charge is 0.404 e. The predicted octanol–water partition coefficient (Wildman–Crippen LogP) is 3.83. The van der Waals surface area contributed by atoms with Crippen LogP contribution in [0, 0.1) is 0 Å². The van der Waals surface area contributed by atoms with Crippen molar-refractivity contribution in [2.75, 3.05) is 5.32 Å². The third-order valence-electron chi connectivity index (χ3n) is 6.42. The number of primary amides is 1. The molecule has 0 saturated heterocycles. The molecule has 186 valence electrons. The molecule has 2 aliphatic rings. The minimum absolute atomic E-state index is 0.151. The van der Waals surface area contributed by atoms with Crippen molar-refractivity contribution in [2.24, 2.45) is 5.73 Å². The van der Waals surface area contributed by atoms with E-state index in [1.54, 1.807) is 18.3 Å². The van der Waals surface area contributed by atoms with Crippen molar-refractivity contribution in [1.29, 1.82) is 0 Å². The second-order valence-electron chi connectivity index (χ2n) is 8.99. The van der Waals surface area contributed by atoms with Crippen LogP contribution in [0.2, 0.25) is 0 Å². The van der Waals surface area contributed by atoms with E-state index in [-0.39, 0.29) is 28.8 Å². The maximum Gasteiger partial charge on any atom is 0.404 e. The zero-order valence-electron chi connectivity index (χ0n) is 18.9. The number of rotatable bonds is 8. The Morgan fingerprint density at radius 3 is 2.63 bits per heavy atom. The number of H-pyrrole nitrogens is 1. The summed E-state index contributed by atoms with van der Waals surface area (Å²) in [5.41, 5.74) is 6.94. The van der Waals surface area contributed by atoms with Gasteiger partial charge in [-0.2, -0.15) is 5.10 Å². The molecule has 0 bridgehead atoms. The summed E-state index contributed by atoms with van der Waals surface area (Å²) < 4.78 is 31.8. The van der Waals surface area contributed by atoms with Crippen molar-refractivity contribution in [3.05, 3.63) is 41.2 Å². The standard InChI is InChI=1S/C23H27N5O5S2/c24-23(30)33-16-4-1-13(2-5-16)22-25-11-19(34-22)18-8-3-14(26-21-10-15(12-29)27-28-21)9-20(18)35(31,32)17-6-7-17/h3,8-11,13,16-17,29H,1-2,4-7,12H2,(H2,24,30)(H2,26,27,28). The van der Waals surface area contributed by atoms with Gasteiger partial charge in [-0.25, -0.2) is 18.2 Å². The van der Waals surface area contributed by atoms with Gasteiger partial charge in [-0.1, -0.05) is 6.07 Å². The van der Waals surface area contributed by atoms with Crippen molar-refractivity contribution < 1.29 is 23.1 Å². The fourth-order valence-corrected chi connectivity index (χ4v) is 7.53. The molecule has 1 aromatic carbocycles. The lowest BCUT2D eigenvalue weighted by atomic mass is 9.88. The fourth-order valence-electron chi connectivity index (χ4n) is 4.44. The number of carbonyl (C=O) groups excluding carboxylic acids is 1. The van der Waals surface area contributed by atoms with Crippen molar-refractivity contribution in [3.63, 3.8) is 0 Å². The average molecular weight is 518 g/mol. The van der Waals surface area contributed by atoms with Crippen molar-refractivity contribution >= 4 is 38.8 Å². The van der Waals surface area contributed by atoms with Gasteiger partial charge < -0.3 is 20.9 Å². The summed E-state index contributed by atoms with van der Waals surface area (Å²) in [6.45, 7) is -0.164. The molecule has 5 rings (SSSR count). The highest BCUT2D eigenvalue weighted by molar-refractivity contribution is 7.92. The molecule has 2 heterocycles. The number of aliphatic hydroxyl groups is 1. The highest BCUT2D eigenvalue weighted by atomic mass is 32.2. The number of anilines is 2. The SMILES string of the molecule is NC(=O)OC1CCC(c2ncc(-c3ccc(Nc4cc(CO)[nH]n4)cc3S(=O)(=O)C3CC3)s2)CC1. The zero-order chi connectivity index (χ0) is 24.6. The third kappa shape index (κ3) is 5.19. The molecule has 3 aromatic rings. The Morgan fingerprint density at radius 2 is 1.97 bits per heavy atom. The van der Waals surface area contributed by atoms with E-state index in [9.17, 15) is 18.3 Å². The molecule has 2 fully saturated rings. The van der Waals surface area contributed by atoms with Crippen LogP contribution in [0.3, 0.4) is 0 Å². The number of nitrogens with zero attached hydrogens (tertiary/aromatic N) is 2. The molecule has 35 heavy (non-hydrogen) atoms. The molecule has 1 amide bonds. The van der Waals surface area contributed by atoms with E-state index in [1.165, 1.54) is 11.3 Å². The number of hydrogen-bond acceptors (Lipinski definition) is 9. The highest BCUT2D eigenvalue weighted by Crippen LogP contribution is 2.43. The van der Waals surface area contributed by atoms with E-state index in [0.717, 1.165) is 35.6 Å². The lowest BCUT2D eigenvalue weighted by Gasteiger charge is -2.26. The highest BCUT2D eigenvalue weighted by Gasteiger charge is 2.39. The summed E-state index contributed by atoms with van der Waals surface area (Å²) in [4.78, 5) is 16.7. The van der Waals surface area contributed by atoms with E-state index in [1.807, 2.05) is 12.1 Å². The van der Waals surface area contributed by atoms with Gasteiger partial charge in [0.2, 0.25) is 0 Å². The molecule has 12 heteroatoms. The predicted molar refractivity (Wildman–Crippen MR) is 131 cm³/mol. The van der Waals surface area contributed by atoms with Gasteiger partial charge in [-0.15, -0.1) is 11.3 Å². The van der Waals surface area contributed by atoms with Crippen molar-refractivity contribution in [1.82, 2.24) is 15.2 Å². The Kier molecular flexibility index (Phi) is 6.51. The van der Waals surface area contributed by atoms with Gasteiger partial charge in [0.1, 0.15) is 6.10 Å². The number of sulfone groups is 1.